The largest absolute Gasteiger partial charge is 0.591 e. The normalized spacial score (nSPS) is 25.8. The van der Waals surface area contributed by atoms with E-state index in [2.05, 4.69) is 9.13 Å². The zero-order chi connectivity index (χ0) is 23.5. The van der Waals surface area contributed by atoms with Crippen molar-refractivity contribution >= 4 is 23.0 Å². The molecule has 2 atom stereocenters. The number of hydrogen-bond acceptors (Lipinski definition) is 6. The maximum absolute atomic E-state index is 12.7. The lowest BCUT2D eigenvalue weighted by Crippen LogP contribution is -2.38. The van der Waals surface area contributed by atoms with Crippen molar-refractivity contribution < 1.29 is 32.3 Å². The van der Waals surface area contributed by atoms with E-state index < -0.39 is 22.7 Å². The smallest absolute Gasteiger partial charge is 0.387 e. The first-order valence-electron chi connectivity index (χ1n) is 11.0. The van der Waals surface area contributed by atoms with Gasteiger partial charge in [0.05, 0.1) is 12.5 Å². The Kier molecular flexibility index (Phi) is 8.03. The number of carbonyl (C=O) groups is 1. The lowest BCUT2D eigenvalue weighted by Gasteiger charge is -2.36. The van der Waals surface area contributed by atoms with E-state index >= 15 is 0 Å². The highest BCUT2D eigenvalue weighted by Gasteiger charge is 2.38. The molecule has 6 nitrogen and oxygen atoms in total. The van der Waals surface area contributed by atoms with Gasteiger partial charge in [-0.25, -0.2) is 0 Å². The van der Waals surface area contributed by atoms with Gasteiger partial charge in [-0.1, -0.05) is 4.40 Å². The Morgan fingerprint density at radius 2 is 1.97 bits per heavy atom. The van der Waals surface area contributed by atoms with Gasteiger partial charge in [-0.15, -0.1) is 0 Å². The molecule has 1 aliphatic carbocycles. The van der Waals surface area contributed by atoms with Crippen LogP contribution in [-0.4, -0.2) is 40.3 Å². The van der Waals surface area contributed by atoms with E-state index in [1.807, 2.05) is 20.8 Å². The first kappa shape index (κ1) is 24.8. The van der Waals surface area contributed by atoms with E-state index in [-0.39, 0.29) is 29.7 Å². The Hall–Kier alpha value is -1.87. The van der Waals surface area contributed by atoms with Crippen molar-refractivity contribution in [3.8, 4) is 11.5 Å². The van der Waals surface area contributed by atoms with Gasteiger partial charge >= 0.3 is 12.6 Å². The minimum absolute atomic E-state index is 0.00159. The van der Waals surface area contributed by atoms with Crippen LogP contribution in [0.25, 0.3) is 0 Å². The highest BCUT2D eigenvalue weighted by Crippen LogP contribution is 2.40. The molecule has 3 rings (SSSR count). The number of carbonyl (C=O) groups excluding carboxylic acids is 1. The van der Waals surface area contributed by atoms with Crippen LogP contribution in [0.1, 0.15) is 65.4 Å². The second-order valence-electron chi connectivity index (χ2n) is 9.16. The quantitative estimate of drug-likeness (QED) is 0.428. The van der Waals surface area contributed by atoms with Crippen molar-refractivity contribution in [2.75, 3.05) is 6.61 Å². The molecule has 0 bridgehead atoms. The van der Waals surface area contributed by atoms with Crippen LogP contribution in [0.15, 0.2) is 22.6 Å². The van der Waals surface area contributed by atoms with Crippen molar-refractivity contribution in [1.82, 2.24) is 0 Å². The molecular weight excluding hydrogens is 440 g/mol. The van der Waals surface area contributed by atoms with Crippen molar-refractivity contribution in [1.29, 1.82) is 0 Å². The number of nitrogens with zero attached hydrogens (tertiary/aromatic N) is 1. The predicted molar refractivity (Wildman–Crippen MR) is 119 cm³/mol. The number of benzene rings is 1. The maximum Gasteiger partial charge on any atom is 0.387 e. The molecule has 0 unspecified atom stereocenters. The third kappa shape index (κ3) is 6.13. The van der Waals surface area contributed by atoms with E-state index in [4.69, 9.17) is 9.47 Å². The van der Waals surface area contributed by atoms with Crippen LogP contribution < -0.4 is 9.47 Å². The molecule has 9 heteroatoms. The van der Waals surface area contributed by atoms with Crippen LogP contribution in [0.3, 0.4) is 0 Å². The Bertz CT molecular complexity index is 834. The SMILES string of the molecule is CCOC(=O)C1CCC([C@@H]2C/C(=N\[S@+]([O-])C(C)(C)C)c3ccc(OC(F)F)cc3O2)CC1. The average Bonchev–Trinajstić information content (AvgIpc) is 2.72. The van der Waals surface area contributed by atoms with Gasteiger partial charge in [-0.3, -0.25) is 4.79 Å². The molecule has 0 N–H and O–H groups in total. The van der Waals surface area contributed by atoms with Crippen LogP contribution in [0.2, 0.25) is 0 Å². The summed E-state index contributed by atoms with van der Waals surface area (Å²) in [4.78, 5) is 12.1. The Morgan fingerprint density at radius 3 is 2.56 bits per heavy atom. The summed E-state index contributed by atoms with van der Waals surface area (Å²) in [7, 11) is 0. The number of fused-ring (bicyclic) bond motifs is 1. The monoisotopic (exact) mass is 471 g/mol. The standard InChI is InChI=1S/C23H31F2NO5S/c1-5-29-21(27)15-8-6-14(7-9-15)19-13-18(26-32(28)23(2,3)4)17-11-10-16(30-22(24)25)12-20(17)31-19/h10-12,14-15,19,22H,5-9,13H2,1-4H3/b26-18+/t14?,15?,19-,32+/m0/s1. The average molecular weight is 472 g/mol. The number of halogens is 2. The summed E-state index contributed by atoms with van der Waals surface area (Å²) in [6, 6.07) is 4.50. The molecule has 0 spiro atoms. The molecule has 1 aromatic carbocycles. The Labute approximate surface area is 191 Å². The number of rotatable bonds is 6. The third-order valence-electron chi connectivity index (χ3n) is 5.80. The molecule has 0 aromatic heterocycles. The van der Waals surface area contributed by atoms with Crippen LogP contribution in [-0.2, 0) is 20.9 Å². The second kappa shape index (κ2) is 10.4. The molecule has 0 amide bonds. The zero-order valence-electron chi connectivity index (χ0n) is 18.9. The molecular formula is C23H31F2NO5S. The summed E-state index contributed by atoms with van der Waals surface area (Å²) < 4.78 is 58.0. The van der Waals surface area contributed by atoms with E-state index in [0.717, 1.165) is 12.8 Å². The van der Waals surface area contributed by atoms with Crippen molar-refractivity contribution in [2.24, 2.45) is 16.2 Å². The van der Waals surface area contributed by atoms with E-state index in [9.17, 15) is 18.1 Å². The summed E-state index contributed by atoms with van der Waals surface area (Å²) >= 11 is -1.47. The molecule has 32 heavy (non-hydrogen) atoms. The minimum atomic E-state index is -2.94. The first-order valence-corrected chi connectivity index (χ1v) is 12.1. The van der Waals surface area contributed by atoms with Gasteiger partial charge < -0.3 is 18.8 Å². The highest BCUT2D eigenvalue weighted by molar-refractivity contribution is 7.91. The van der Waals surface area contributed by atoms with Gasteiger partial charge in [-0.05, 0) is 71.4 Å². The number of ether oxygens (including phenoxy) is 3. The molecule has 1 saturated carbocycles. The summed E-state index contributed by atoms with van der Waals surface area (Å²) in [5, 5.41) is 0. The van der Waals surface area contributed by atoms with E-state index in [0.29, 0.717) is 42.9 Å². The molecule has 1 aromatic rings. The van der Waals surface area contributed by atoms with Gasteiger partial charge in [0.1, 0.15) is 39.4 Å². The van der Waals surface area contributed by atoms with Gasteiger partial charge in [0.15, 0.2) is 0 Å². The molecule has 0 saturated heterocycles. The minimum Gasteiger partial charge on any atom is -0.591 e. The van der Waals surface area contributed by atoms with Crippen LogP contribution >= 0.6 is 0 Å². The van der Waals surface area contributed by atoms with Crippen LogP contribution in [0.5, 0.6) is 11.5 Å². The van der Waals surface area contributed by atoms with E-state index in [1.54, 1.807) is 13.0 Å². The molecule has 1 aliphatic heterocycles. The first-order chi connectivity index (χ1) is 15.1. The second-order valence-corrected chi connectivity index (χ2v) is 11.1. The topological polar surface area (TPSA) is 80.2 Å². The van der Waals surface area contributed by atoms with Crippen LogP contribution in [0.4, 0.5) is 8.78 Å². The lowest BCUT2D eigenvalue weighted by molar-refractivity contribution is -0.149. The fraction of sp³-hybridized carbons (Fsp3) is 0.652. The Balaban J connectivity index is 1.83. The number of alkyl halides is 2. The summed E-state index contributed by atoms with van der Waals surface area (Å²) in [5.74, 6) is 0.312. The Morgan fingerprint density at radius 1 is 1.28 bits per heavy atom. The predicted octanol–water partition coefficient (Wildman–Crippen LogP) is 5.06. The summed E-state index contributed by atoms with van der Waals surface area (Å²) in [6.07, 6.45) is 3.22. The number of esters is 1. The zero-order valence-corrected chi connectivity index (χ0v) is 19.8. The van der Waals surface area contributed by atoms with Crippen molar-refractivity contribution in [3.05, 3.63) is 23.8 Å². The number of hydrogen-bond donors (Lipinski definition) is 0. The fourth-order valence-corrected chi connectivity index (χ4v) is 4.74. The molecule has 1 heterocycles. The van der Waals surface area contributed by atoms with E-state index in [1.165, 1.54) is 12.1 Å². The summed E-state index contributed by atoms with van der Waals surface area (Å²) in [5.41, 5.74) is 1.28. The van der Waals surface area contributed by atoms with Gasteiger partial charge in [0.25, 0.3) is 0 Å². The fourth-order valence-electron chi connectivity index (χ4n) is 4.09. The summed E-state index contributed by atoms with van der Waals surface area (Å²) in [6.45, 7) is 4.77. The van der Waals surface area contributed by atoms with Gasteiger partial charge in [0, 0.05) is 18.1 Å². The lowest BCUT2D eigenvalue weighted by atomic mass is 9.77. The van der Waals surface area contributed by atoms with Crippen molar-refractivity contribution in [3.63, 3.8) is 0 Å². The molecule has 0 radical (unpaired) electrons. The third-order valence-corrected chi connectivity index (χ3v) is 7.23. The van der Waals surface area contributed by atoms with Crippen molar-refractivity contribution in [2.45, 2.75) is 77.3 Å². The molecule has 1 fully saturated rings. The van der Waals surface area contributed by atoms with Crippen LogP contribution in [0, 0.1) is 11.8 Å². The maximum atomic E-state index is 12.7. The molecule has 2 aliphatic rings. The van der Waals surface area contributed by atoms with Gasteiger partial charge in [0.2, 0.25) is 0 Å². The molecule has 178 valence electrons. The van der Waals surface area contributed by atoms with Gasteiger partial charge in [-0.2, -0.15) is 8.78 Å². The highest BCUT2D eigenvalue weighted by atomic mass is 32.2.